The molecule has 1 heteroatoms. The molecule has 102 valence electrons. The van der Waals surface area contributed by atoms with Crippen molar-refractivity contribution >= 4 is 0 Å². The van der Waals surface area contributed by atoms with E-state index in [0.29, 0.717) is 6.04 Å². The van der Waals surface area contributed by atoms with Crippen LogP contribution in [0.4, 0.5) is 0 Å². The minimum absolute atomic E-state index is 0.593. The standard InChI is InChI=1S/C17H29N/c1-12(2)18-11-13(3)7-8-17-15(5)9-14(4)10-16(17)6/h9-10,12-13,18H,7-8,11H2,1-6H3. The number of benzene rings is 1. The topological polar surface area (TPSA) is 12.0 Å². The van der Waals surface area contributed by atoms with Gasteiger partial charge in [0.05, 0.1) is 0 Å². The number of hydrogen-bond donors (Lipinski definition) is 1. The maximum Gasteiger partial charge on any atom is 0.00104 e. The van der Waals surface area contributed by atoms with Crippen LogP contribution in [-0.2, 0) is 6.42 Å². The van der Waals surface area contributed by atoms with Crippen molar-refractivity contribution in [3.8, 4) is 0 Å². The number of hydrogen-bond acceptors (Lipinski definition) is 1. The highest BCUT2D eigenvalue weighted by atomic mass is 14.9. The van der Waals surface area contributed by atoms with Crippen LogP contribution in [0, 0.1) is 26.7 Å². The summed E-state index contributed by atoms with van der Waals surface area (Å²) in [7, 11) is 0. The summed E-state index contributed by atoms with van der Waals surface area (Å²) >= 11 is 0. The van der Waals surface area contributed by atoms with Gasteiger partial charge in [-0.2, -0.15) is 0 Å². The summed E-state index contributed by atoms with van der Waals surface area (Å²) in [5, 5.41) is 3.52. The van der Waals surface area contributed by atoms with Crippen molar-refractivity contribution in [1.29, 1.82) is 0 Å². The molecule has 18 heavy (non-hydrogen) atoms. The lowest BCUT2D eigenvalue weighted by Gasteiger charge is -2.17. The van der Waals surface area contributed by atoms with E-state index >= 15 is 0 Å². The van der Waals surface area contributed by atoms with Gasteiger partial charge in [-0.1, -0.05) is 38.5 Å². The Balaban J connectivity index is 2.53. The van der Waals surface area contributed by atoms with E-state index in [4.69, 9.17) is 0 Å². The highest BCUT2D eigenvalue weighted by molar-refractivity contribution is 5.37. The third-order valence-corrected chi connectivity index (χ3v) is 3.60. The molecule has 1 aromatic rings. The van der Waals surface area contributed by atoms with Gasteiger partial charge in [0.1, 0.15) is 0 Å². The molecule has 0 aromatic heterocycles. The fourth-order valence-electron chi connectivity index (χ4n) is 2.53. The quantitative estimate of drug-likeness (QED) is 0.795. The Labute approximate surface area is 113 Å². The van der Waals surface area contributed by atoms with E-state index in [1.165, 1.54) is 29.5 Å². The van der Waals surface area contributed by atoms with Gasteiger partial charge < -0.3 is 5.32 Å². The van der Waals surface area contributed by atoms with Crippen molar-refractivity contribution in [3.63, 3.8) is 0 Å². The summed E-state index contributed by atoms with van der Waals surface area (Å²) in [5.74, 6) is 0.743. The van der Waals surface area contributed by atoms with E-state index in [9.17, 15) is 0 Å². The van der Waals surface area contributed by atoms with Crippen LogP contribution in [0.25, 0.3) is 0 Å². The fraction of sp³-hybridized carbons (Fsp3) is 0.647. The van der Waals surface area contributed by atoms with Gasteiger partial charge in [0.15, 0.2) is 0 Å². The number of nitrogens with one attached hydrogen (secondary N) is 1. The van der Waals surface area contributed by atoms with Crippen LogP contribution in [-0.4, -0.2) is 12.6 Å². The molecule has 0 aliphatic heterocycles. The first kappa shape index (κ1) is 15.2. The summed E-state index contributed by atoms with van der Waals surface area (Å²) in [6.45, 7) is 14.6. The van der Waals surface area contributed by atoms with Crippen molar-refractivity contribution in [2.45, 2.75) is 60.4 Å². The molecule has 0 aliphatic rings. The van der Waals surface area contributed by atoms with Gasteiger partial charge in [0.25, 0.3) is 0 Å². The van der Waals surface area contributed by atoms with E-state index in [-0.39, 0.29) is 0 Å². The second-order valence-corrected chi connectivity index (χ2v) is 6.08. The molecule has 0 heterocycles. The molecule has 0 saturated carbocycles. The molecular formula is C17H29N. The Hall–Kier alpha value is -0.820. The summed E-state index contributed by atoms with van der Waals surface area (Å²) in [4.78, 5) is 0. The molecule has 1 rings (SSSR count). The van der Waals surface area contributed by atoms with Crippen molar-refractivity contribution in [2.75, 3.05) is 6.54 Å². The van der Waals surface area contributed by atoms with Crippen LogP contribution in [0.15, 0.2) is 12.1 Å². The first-order valence-electron chi connectivity index (χ1n) is 7.20. The SMILES string of the molecule is Cc1cc(C)c(CCC(C)CNC(C)C)c(C)c1. The normalized spacial score (nSPS) is 13.1. The zero-order chi connectivity index (χ0) is 13.7. The molecule has 0 aliphatic carbocycles. The zero-order valence-corrected chi connectivity index (χ0v) is 12.9. The molecule has 1 unspecified atom stereocenters. The van der Waals surface area contributed by atoms with E-state index in [1.54, 1.807) is 5.56 Å². The molecule has 1 N–H and O–H groups in total. The predicted octanol–water partition coefficient (Wildman–Crippen LogP) is 4.18. The average Bonchev–Trinajstić information content (AvgIpc) is 2.24. The number of aryl methyl sites for hydroxylation is 3. The molecule has 0 radical (unpaired) electrons. The van der Waals surface area contributed by atoms with Gasteiger partial charge in [-0.3, -0.25) is 0 Å². The molecule has 1 atom stereocenters. The van der Waals surface area contributed by atoms with Crippen LogP contribution < -0.4 is 5.32 Å². The maximum atomic E-state index is 3.52. The lowest BCUT2D eigenvalue weighted by atomic mass is 9.93. The maximum absolute atomic E-state index is 3.52. The molecule has 1 nitrogen and oxygen atoms in total. The molecular weight excluding hydrogens is 218 g/mol. The first-order valence-corrected chi connectivity index (χ1v) is 7.20. The smallest absolute Gasteiger partial charge is 0.00104 e. The van der Waals surface area contributed by atoms with Crippen molar-refractivity contribution in [2.24, 2.45) is 5.92 Å². The van der Waals surface area contributed by atoms with Crippen molar-refractivity contribution in [3.05, 3.63) is 34.4 Å². The van der Waals surface area contributed by atoms with Gasteiger partial charge in [-0.05, 0) is 62.8 Å². The molecule has 1 aromatic carbocycles. The summed E-state index contributed by atoms with van der Waals surface area (Å²) in [5.41, 5.74) is 5.84. The lowest BCUT2D eigenvalue weighted by Crippen LogP contribution is -2.28. The van der Waals surface area contributed by atoms with Crippen molar-refractivity contribution in [1.82, 2.24) is 5.32 Å². The van der Waals surface area contributed by atoms with Gasteiger partial charge in [-0.25, -0.2) is 0 Å². The second kappa shape index (κ2) is 6.94. The summed E-state index contributed by atoms with van der Waals surface area (Å²) < 4.78 is 0. The molecule has 0 spiro atoms. The Bertz CT molecular complexity index is 356. The van der Waals surface area contributed by atoms with E-state index in [2.05, 4.69) is 59.0 Å². The monoisotopic (exact) mass is 247 g/mol. The Kier molecular flexibility index (Phi) is 5.87. The Morgan fingerprint density at radius 3 is 2.06 bits per heavy atom. The minimum atomic E-state index is 0.593. The van der Waals surface area contributed by atoms with E-state index in [0.717, 1.165) is 12.5 Å². The average molecular weight is 247 g/mol. The van der Waals surface area contributed by atoms with E-state index < -0.39 is 0 Å². The second-order valence-electron chi connectivity index (χ2n) is 6.08. The molecule has 0 saturated heterocycles. The summed E-state index contributed by atoms with van der Waals surface area (Å²) in [6, 6.07) is 5.20. The van der Waals surface area contributed by atoms with Crippen LogP contribution in [0.1, 0.15) is 49.4 Å². The number of rotatable bonds is 6. The molecule has 0 amide bonds. The highest BCUT2D eigenvalue weighted by Crippen LogP contribution is 2.19. The summed E-state index contributed by atoms with van der Waals surface area (Å²) in [6.07, 6.45) is 2.48. The third kappa shape index (κ3) is 4.81. The minimum Gasteiger partial charge on any atom is -0.314 e. The largest absolute Gasteiger partial charge is 0.314 e. The van der Waals surface area contributed by atoms with E-state index in [1.807, 2.05) is 0 Å². The predicted molar refractivity (Wildman–Crippen MR) is 81.3 cm³/mol. The van der Waals surface area contributed by atoms with Crippen molar-refractivity contribution < 1.29 is 0 Å². The van der Waals surface area contributed by atoms with Crippen LogP contribution in [0.3, 0.4) is 0 Å². The fourth-order valence-corrected chi connectivity index (χ4v) is 2.53. The van der Waals surface area contributed by atoms with Gasteiger partial charge in [0.2, 0.25) is 0 Å². The van der Waals surface area contributed by atoms with Gasteiger partial charge in [-0.15, -0.1) is 0 Å². The Morgan fingerprint density at radius 1 is 1.00 bits per heavy atom. The lowest BCUT2D eigenvalue weighted by molar-refractivity contribution is 0.453. The Morgan fingerprint density at radius 2 is 1.56 bits per heavy atom. The van der Waals surface area contributed by atoms with Gasteiger partial charge in [0, 0.05) is 6.04 Å². The first-order chi connectivity index (χ1) is 8.40. The highest BCUT2D eigenvalue weighted by Gasteiger charge is 2.07. The van der Waals surface area contributed by atoms with Crippen LogP contribution in [0.2, 0.25) is 0 Å². The van der Waals surface area contributed by atoms with Crippen LogP contribution in [0.5, 0.6) is 0 Å². The zero-order valence-electron chi connectivity index (χ0n) is 12.9. The molecule has 0 bridgehead atoms. The van der Waals surface area contributed by atoms with Gasteiger partial charge >= 0.3 is 0 Å². The third-order valence-electron chi connectivity index (χ3n) is 3.60. The van der Waals surface area contributed by atoms with Crippen LogP contribution >= 0.6 is 0 Å². The molecule has 0 fully saturated rings.